The van der Waals surface area contributed by atoms with Gasteiger partial charge in [-0.15, -0.1) is 24.0 Å². The molecule has 2 aliphatic rings. The lowest BCUT2D eigenvalue weighted by Crippen LogP contribution is -2.46. The Morgan fingerprint density at radius 1 is 1.08 bits per heavy atom. The third-order valence-corrected chi connectivity index (χ3v) is 4.93. The minimum atomic E-state index is -0.439. The van der Waals surface area contributed by atoms with Gasteiger partial charge in [-0.2, -0.15) is 0 Å². The van der Waals surface area contributed by atoms with Gasteiger partial charge in [0.1, 0.15) is 5.60 Å². The number of piperidine rings is 2. The number of ether oxygens (including phenoxy) is 1. The Kier molecular flexibility index (Phi) is 8.28. The highest BCUT2D eigenvalue weighted by atomic mass is 127. The zero-order valence-corrected chi connectivity index (χ0v) is 18.5. The Hall–Kier alpha value is -0.730. The van der Waals surface area contributed by atoms with Crippen LogP contribution in [0.15, 0.2) is 4.99 Å². The van der Waals surface area contributed by atoms with Crippen molar-refractivity contribution in [3.05, 3.63) is 0 Å². The minimum absolute atomic E-state index is 0. The summed E-state index contributed by atoms with van der Waals surface area (Å²) in [5, 5.41) is 0. The molecular weight excluding hydrogens is 431 g/mol. The third kappa shape index (κ3) is 7.19. The molecule has 2 heterocycles. The van der Waals surface area contributed by atoms with Gasteiger partial charge in [0.05, 0.1) is 0 Å². The fourth-order valence-electron chi connectivity index (χ4n) is 3.21. The molecule has 146 valence electrons. The molecule has 0 radical (unpaired) electrons. The largest absolute Gasteiger partial charge is 0.444 e. The highest BCUT2D eigenvalue weighted by Crippen LogP contribution is 2.32. The standard InChI is InChI=1S/C18H34N4O2.HI/c1-17(2,3)24-16(23)22-12-8-18(4,9-13-22)14-20-15(19)21-10-6-5-7-11-21;/h5-14H2,1-4H3,(H2,19,20);1H. The van der Waals surface area contributed by atoms with Crippen LogP contribution in [0.5, 0.6) is 0 Å². The van der Waals surface area contributed by atoms with Crippen LogP contribution in [0.2, 0.25) is 0 Å². The quantitative estimate of drug-likeness (QED) is 0.385. The topological polar surface area (TPSA) is 71.2 Å². The molecule has 7 heteroatoms. The number of halogens is 1. The van der Waals surface area contributed by atoms with Gasteiger partial charge in [-0.05, 0) is 58.3 Å². The zero-order valence-electron chi connectivity index (χ0n) is 16.2. The molecule has 2 saturated heterocycles. The van der Waals surface area contributed by atoms with Crippen molar-refractivity contribution in [1.29, 1.82) is 0 Å². The Morgan fingerprint density at radius 3 is 2.16 bits per heavy atom. The van der Waals surface area contributed by atoms with Crippen LogP contribution in [-0.2, 0) is 4.74 Å². The summed E-state index contributed by atoms with van der Waals surface area (Å²) in [5.41, 5.74) is 5.83. The molecule has 0 aliphatic carbocycles. The number of hydrogen-bond donors (Lipinski definition) is 1. The Morgan fingerprint density at radius 2 is 1.64 bits per heavy atom. The van der Waals surface area contributed by atoms with E-state index in [1.54, 1.807) is 0 Å². The second-order valence-corrected chi connectivity index (χ2v) is 8.50. The second-order valence-electron chi connectivity index (χ2n) is 8.50. The number of rotatable bonds is 2. The number of nitrogens with two attached hydrogens (primary N) is 1. The summed E-state index contributed by atoms with van der Waals surface area (Å²) < 4.78 is 5.46. The maximum Gasteiger partial charge on any atom is 0.410 e. The SMILES string of the molecule is CC1(CN=C(N)N2CCCCC2)CCN(C(=O)OC(C)(C)C)CC1.I. The van der Waals surface area contributed by atoms with Gasteiger partial charge in [0.2, 0.25) is 0 Å². The Labute approximate surface area is 169 Å². The monoisotopic (exact) mass is 466 g/mol. The predicted molar refractivity (Wildman–Crippen MR) is 112 cm³/mol. The molecule has 0 aromatic carbocycles. The molecule has 0 unspecified atom stereocenters. The molecule has 0 bridgehead atoms. The van der Waals surface area contributed by atoms with Crippen LogP contribution in [-0.4, -0.2) is 60.2 Å². The first-order chi connectivity index (χ1) is 11.2. The van der Waals surface area contributed by atoms with E-state index in [1.807, 2.05) is 25.7 Å². The molecule has 2 aliphatic heterocycles. The lowest BCUT2D eigenvalue weighted by Gasteiger charge is -2.39. The first kappa shape index (κ1) is 22.3. The van der Waals surface area contributed by atoms with E-state index < -0.39 is 5.60 Å². The first-order valence-electron chi connectivity index (χ1n) is 9.21. The van der Waals surface area contributed by atoms with E-state index in [2.05, 4.69) is 16.8 Å². The molecule has 1 amide bonds. The van der Waals surface area contributed by atoms with Gasteiger partial charge in [0.25, 0.3) is 0 Å². The van der Waals surface area contributed by atoms with Crippen molar-refractivity contribution in [2.75, 3.05) is 32.7 Å². The molecule has 6 nitrogen and oxygen atoms in total. The molecule has 25 heavy (non-hydrogen) atoms. The van der Waals surface area contributed by atoms with E-state index in [0.717, 1.165) is 45.6 Å². The zero-order chi connectivity index (χ0) is 17.8. The van der Waals surface area contributed by atoms with Crippen molar-refractivity contribution in [3.8, 4) is 0 Å². The van der Waals surface area contributed by atoms with Crippen molar-refractivity contribution >= 4 is 36.0 Å². The van der Waals surface area contributed by atoms with E-state index in [1.165, 1.54) is 19.3 Å². The molecule has 0 spiro atoms. The van der Waals surface area contributed by atoms with Crippen molar-refractivity contribution in [1.82, 2.24) is 9.80 Å². The summed E-state index contributed by atoms with van der Waals surface area (Å²) in [6, 6.07) is 0. The molecule has 2 rings (SSSR count). The van der Waals surface area contributed by atoms with Crippen LogP contribution in [0, 0.1) is 5.41 Å². The number of likely N-dealkylation sites (tertiary alicyclic amines) is 2. The third-order valence-electron chi connectivity index (χ3n) is 4.93. The predicted octanol–water partition coefficient (Wildman–Crippen LogP) is 3.44. The van der Waals surface area contributed by atoms with Gasteiger partial charge in [-0.1, -0.05) is 6.92 Å². The number of guanidine groups is 1. The van der Waals surface area contributed by atoms with E-state index in [4.69, 9.17) is 10.5 Å². The first-order valence-corrected chi connectivity index (χ1v) is 9.21. The number of aliphatic imine (C=N–C) groups is 1. The maximum atomic E-state index is 12.1. The molecule has 2 N–H and O–H groups in total. The van der Waals surface area contributed by atoms with Gasteiger partial charge >= 0.3 is 6.09 Å². The van der Waals surface area contributed by atoms with Gasteiger partial charge in [0, 0.05) is 32.7 Å². The molecule has 2 fully saturated rings. The summed E-state index contributed by atoms with van der Waals surface area (Å²) in [7, 11) is 0. The van der Waals surface area contributed by atoms with Crippen molar-refractivity contribution in [3.63, 3.8) is 0 Å². The average molecular weight is 466 g/mol. The molecule has 0 atom stereocenters. The van der Waals surface area contributed by atoms with Gasteiger partial charge in [-0.25, -0.2) is 4.79 Å². The van der Waals surface area contributed by atoms with Crippen LogP contribution in [0.3, 0.4) is 0 Å². The van der Waals surface area contributed by atoms with E-state index in [0.29, 0.717) is 5.96 Å². The van der Waals surface area contributed by atoms with E-state index in [-0.39, 0.29) is 35.5 Å². The van der Waals surface area contributed by atoms with Crippen LogP contribution in [0.4, 0.5) is 4.79 Å². The van der Waals surface area contributed by atoms with Crippen LogP contribution in [0.25, 0.3) is 0 Å². The summed E-state index contributed by atoms with van der Waals surface area (Å²) in [5.74, 6) is 0.686. The van der Waals surface area contributed by atoms with Crippen molar-refractivity contribution in [2.45, 2.75) is 65.4 Å². The summed E-state index contributed by atoms with van der Waals surface area (Å²) in [6.45, 7) is 12.2. The van der Waals surface area contributed by atoms with Crippen LogP contribution >= 0.6 is 24.0 Å². The molecule has 0 aromatic rings. The van der Waals surface area contributed by atoms with Gasteiger partial charge in [-0.3, -0.25) is 4.99 Å². The molecule has 0 aromatic heterocycles. The highest BCUT2D eigenvalue weighted by Gasteiger charge is 2.33. The van der Waals surface area contributed by atoms with Crippen molar-refractivity contribution in [2.24, 2.45) is 16.1 Å². The fourth-order valence-corrected chi connectivity index (χ4v) is 3.21. The lowest BCUT2D eigenvalue weighted by atomic mass is 9.80. The normalized spacial score (nSPS) is 21.5. The lowest BCUT2D eigenvalue weighted by molar-refractivity contribution is 0.0127. The number of amides is 1. The summed E-state index contributed by atoms with van der Waals surface area (Å²) in [6.07, 6.45) is 5.37. The number of carbonyl (C=O) groups excluding carboxylic acids is 1. The molecular formula is C18H35IN4O2. The van der Waals surface area contributed by atoms with E-state index in [9.17, 15) is 4.79 Å². The van der Waals surface area contributed by atoms with Crippen LogP contribution in [0.1, 0.15) is 59.8 Å². The van der Waals surface area contributed by atoms with E-state index >= 15 is 0 Å². The highest BCUT2D eigenvalue weighted by molar-refractivity contribution is 14.0. The molecule has 0 saturated carbocycles. The maximum absolute atomic E-state index is 12.1. The number of hydrogen-bond acceptors (Lipinski definition) is 3. The van der Waals surface area contributed by atoms with Crippen LogP contribution < -0.4 is 5.73 Å². The number of nitrogens with zero attached hydrogens (tertiary/aromatic N) is 3. The summed E-state index contributed by atoms with van der Waals surface area (Å²) >= 11 is 0. The Bertz CT molecular complexity index is 462. The minimum Gasteiger partial charge on any atom is -0.444 e. The van der Waals surface area contributed by atoms with Gasteiger partial charge in [0.15, 0.2) is 5.96 Å². The van der Waals surface area contributed by atoms with Gasteiger partial charge < -0.3 is 20.3 Å². The Balaban J connectivity index is 0.00000312. The average Bonchev–Trinajstić information content (AvgIpc) is 2.52. The smallest absolute Gasteiger partial charge is 0.410 e. The number of carbonyl (C=O) groups is 1. The van der Waals surface area contributed by atoms with Crippen molar-refractivity contribution < 1.29 is 9.53 Å². The fraction of sp³-hybridized carbons (Fsp3) is 0.889. The second kappa shape index (κ2) is 9.28. The summed E-state index contributed by atoms with van der Waals surface area (Å²) in [4.78, 5) is 20.8.